The second-order valence-corrected chi connectivity index (χ2v) is 4.08. The second kappa shape index (κ2) is 8.40. The van der Waals surface area contributed by atoms with E-state index in [1.54, 1.807) is 12.1 Å². The van der Waals surface area contributed by atoms with Gasteiger partial charge in [0.05, 0.1) is 26.2 Å². The minimum atomic E-state index is -0.776. The molecule has 8 nitrogen and oxygen atoms in total. The molecule has 1 aromatic rings. The Morgan fingerprint density at radius 1 is 1.14 bits per heavy atom. The van der Waals surface area contributed by atoms with E-state index in [1.807, 2.05) is 0 Å². The van der Waals surface area contributed by atoms with E-state index in [2.05, 4.69) is 20.0 Å². The van der Waals surface area contributed by atoms with Gasteiger partial charge in [0, 0.05) is 6.42 Å². The lowest BCUT2D eigenvalue weighted by Gasteiger charge is -2.06. The lowest BCUT2D eigenvalue weighted by atomic mass is 10.2. The Bertz CT molecular complexity index is 597. The number of ether oxygens (including phenoxy) is 2. The minimum Gasteiger partial charge on any atom is -0.507 e. The van der Waals surface area contributed by atoms with Crippen molar-refractivity contribution in [2.75, 3.05) is 14.2 Å². The highest BCUT2D eigenvalue weighted by molar-refractivity contribution is 6.36. The third kappa shape index (κ3) is 4.89. The molecule has 0 heterocycles. The molecule has 1 rings (SSSR count). The van der Waals surface area contributed by atoms with Crippen molar-refractivity contribution >= 4 is 23.6 Å². The number of para-hydroxylation sites is 1. The van der Waals surface area contributed by atoms with E-state index >= 15 is 0 Å². The predicted molar refractivity (Wildman–Crippen MR) is 76.3 cm³/mol. The van der Waals surface area contributed by atoms with Crippen molar-refractivity contribution in [3.8, 4) is 5.75 Å². The lowest BCUT2D eigenvalue weighted by molar-refractivity contribution is -0.140. The van der Waals surface area contributed by atoms with Crippen LogP contribution >= 0.6 is 0 Å². The number of hydrogen-bond acceptors (Lipinski definition) is 7. The number of phenolic OH excluding ortho intramolecular Hbond substituents is 1. The fourth-order valence-electron chi connectivity index (χ4n) is 1.49. The fraction of sp³-hybridized carbons (Fsp3) is 0.286. The average molecular weight is 308 g/mol. The molecule has 118 valence electrons. The second-order valence-electron chi connectivity index (χ2n) is 4.08. The number of esters is 2. The maximum absolute atomic E-state index is 11.9. The number of nitrogens with one attached hydrogen (secondary N) is 1. The van der Waals surface area contributed by atoms with E-state index < -0.39 is 17.8 Å². The summed E-state index contributed by atoms with van der Waals surface area (Å²) in [5.74, 6) is -2.22. The number of aromatic hydroxyl groups is 1. The topological polar surface area (TPSA) is 114 Å². The maximum atomic E-state index is 11.9. The van der Waals surface area contributed by atoms with E-state index in [4.69, 9.17) is 0 Å². The number of phenols is 1. The van der Waals surface area contributed by atoms with Gasteiger partial charge in [-0.1, -0.05) is 12.1 Å². The summed E-state index contributed by atoms with van der Waals surface area (Å²) in [7, 11) is 2.37. The number of hydrogen-bond donors (Lipinski definition) is 2. The first-order valence-electron chi connectivity index (χ1n) is 6.29. The number of benzene rings is 1. The Kier molecular flexibility index (Phi) is 6.55. The van der Waals surface area contributed by atoms with Crippen LogP contribution in [0.5, 0.6) is 5.75 Å². The third-order valence-electron chi connectivity index (χ3n) is 2.66. The Morgan fingerprint density at radius 3 is 2.41 bits per heavy atom. The molecule has 0 radical (unpaired) electrons. The lowest BCUT2D eigenvalue weighted by Crippen LogP contribution is -2.25. The molecule has 0 fully saturated rings. The Morgan fingerprint density at radius 2 is 1.82 bits per heavy atom. The summed E-state index contributed by atoms with van der Waals surface area (Å²) in [4.78, 5) is 34.5. The first-order valence-corrected chi connectivity index (χ1v) is 6.29. The van der Waals surface area contributed by atoms with E-state index in [0.717, 1.165) is 7.11 Å². The van der Waals surface area contributed by atoms with Crippen molar-refractivity contribution in [3.63, 3.8) is 0 Å². The molecule has 0 saturated carbocycles. The van der Waals surface area contributed by atoms with Gasteiger partial charge in [-0.2, -0.15) is 5.10 Å². The number of rotatable bonds is 6. The molecule has 0 aliphatic rings. The van der Waals surface area contributed by atoms with Gasteiger partial charge in [0.1, 0.15) is 11.5 Å². The van der Waals surface area contributed by atoms with Gasteiger partial charge in [-0.05, 0) is 12.1 Å². The molecule has 0 aliphatic heterocycles. The molecule has 0 unspecified atom stereocenters. The molecule has 1 amide bonds. The van der Waals surface area contributed by atoms with Crippen LogP contribution in [-0.2, 0) is 19.1 Å². The number of carbonyl (C=O) groups is 3. The highest BCUT2D eigenvalue weighted by Gasteiger charge is 2.16. The van der Waals surface area contributed by atoms with E-state index in [9.17, 15) is 19.5 Å². The summed E-state index contributed by atoms with van der Waals surface area (Å²) in [5, 5.41) is 13.2. The molecular weight excluding hydrogens is 292 g/mol. The molecule has 0 spiro atoms. The van der Waals surface area contributed by atoms with Crippen LogP contribution in [0, 0.1) is 0 Å². The molecule has 22 heavy (non-hydrogen) atoms. The maximum Gasteiger partial charge on any atom is 0.354 e. The van der Waals surface area contributed by atoms with Crippen LogP contribution in [0.2, 0.25) is 0 Å². The SMILES string of the molecule is COC(=O)CC/C(=N\NC(=O)c1ccccc1O)C(=O)OC. The zero-order valence-corrected chi connectivity index (χ0v) is 12.2. The standard InChI is InChI=1S/C14H16N2O6/c1-21-12(18)8-7-10(14(20)22-2)15-16-13(19)9-5-3-4-6-11(9)17/h3-6,17H,7-8H2,1-2H3,(H,16,19)/b15-10+. The Balaban J connectivity index is 2.80. The molecule has 1 aromatic carbocycles. The van der Waals surface area contributed by atoms with Crippen LogP contribution in [0.15, 0.2) is 29.4 Å². The van der Waals surface area contributed by atoms with E-state index in [0.29, 0.717) is 0 Å². The number of amides is 1. The smallest absolute Gasteiger partial charge is 0.354 e. The number of nitrogens with zero attached hydrogens (tertiary/aromatic N) is 1. The van der Waals surface area contributed by atoms with Crippen molar-refractivity contribution < 1.29 is 29.0 Å². The van der Waals surface area contributed by atoms with Gasteiger partial charge < -0.3 is 14.6 Å². The fourth-order valence-corrected chi connectivity index (χ4v) is 1.49. The molecule has 0 bridgehead atoms. The summed E-state index contributed by atoms with van der Waals surface area (Å²) in [5.41, 5.74) is 1.99. The van der Waals surface area contributed by atoms with Gasteiger partial charge in [0.2, 0.25) is 0 Å². The van der Waals surface area contributed by atoms with Crippen molar-refractivity contribution in [3.05, 3.63) is 29.8 Å². The Hall–Kier alpha value is -2.90. The zero-order chi connectivity index (χ0) is 16.5. The molecule has 8 heteroatoms. The van der Waals surface area contributed by atoms with Crippen LogP contribution in [0.4, 0.5) is 0 Å². The van der Waals surface area contributed by atoms with Gasteiger partial charge in [-0.25, -0.2) is 10.2 Å². The summed E-state index contributed by atoms with van der Waals surface area (Å²) in [6.07, 6.45) is -0.142. The summed E-state index contributed by atoms with van der Waals surface area (Å²) < 4.78 is 8.98. The number of carbonyl (C=O) groups excluding carboxylic acids is 3. The summed E-state index contributed by atoms with van der Waals surface area (Å²) >= 11 is 0. The van der Waals surface area contributed by atoms with Gasteiger partial charge in [0.25, 0.3) is 5.91 Å². The van der Waals surface area contributed by atoms with Gasteiger partial charge in [-0.3, -0.25) is 9.59 Å². The first-order chi connectivity index (χ1) is 10.5. The third-order valence-corrected chi connectivity index (χ3v) is 2.66. The minimum absolute atomic E-state index is 0.00318. The van der Waals surface area contributed by atoms with Crippen LogP contribution in [0.1, 0.15) is 23.2 Å². The number of methoxy groups -OCH3 is 2. The van der Waals surface area contributed by atoms with Gasteiger partial charge in [0.15, 0.2) is 0 Å². The normalized spacial score (nSPS) is 10.7. The van der Waals surface area contributed by atoms with Crippen molar-refractivity contribution in [2.24, 2.45) is 5.10 Å². The summed E-state index contributed by atoms with van der Waals surface area (Å²) in [6, 6.07) is 5.87. The molecular formula is C14H16N2O6. The highest BCUT2D eigenvalue weighted by atomic mass is 16.5. The van der Waals surface area contributed by atoms with Crippen molar-refractivity contribution in [1.29, 1.82) is 0 Å². The van der Waals surface area contributed by atoms with E-state index in [-0.39, 0.29) is 29.9 Å². The Labute approximate surface area is 126 Å². The summed E-state index contributed by atoms with van der Waals surface area (Å²) in [6.45, 7) is 0. The molecule has 0 aromatic heterocycles. The van der Waals surface area contributed by atoms with Crippen LogP contribution in [0.25, 0.3) is 0 Å². The molecule has 0 aliphatic carbocycles. The highest BCUT2D eigenvalue weighted by Crippen LogP contribution is 2.14. The predicted octanol–water partition coefficient (Wildman–Crippen LogP) is 0.604. The van der Waals surface area contributed by atoms with E-state index in [1.165, 1.54) is 19.2 Å². The molecule has 0 saturated heterocycles. The molecule has 0 atom stereocenters. The first kappa shape index (κ1) is 17.2. The largest absolute Gasteiger partial charge is 0.507 e. The monoisotopic (exact) mass is 308 g/mol. The van der Waals surface area contributed by atoms with Gasteiger partial charge in [-0.15, -0.1) is 0 Å². The quantitative estimate of drug-likeness (QED) is 0.452. The zero-order valence-electron chi connectivity index (χ0n) is 12.2. The van der Waals surface area contributed by atoms with Crippen LogP contribution < -0.4 is 5.43 Å². The van der Waals surface area contributed by atoms with Crippen molar-refractivity contribution in [2.45, 2.75) is 12.8 Å². The average Bonchev–Trinajstić information content (AvgIpc) is 2.53. The van der Waals surface area contributed by atoms with Gasteiger partial charge >= 0.3 is 11.9 Å². The molecule has 2 N–H and O–H groups in total. The van der Waals surface area contributed by atoms with Crippen molar-refractivity contribution in [1.82, 2.24) is 5.43 Å². The van der Waals surface area contributed by atoms with Crippen LogP contribution in [0.3, 0.4) is 0 Å². The van der Waals surface area contributed by atoms with Crippen LogP contribution in [-0.4, -0.2) is 42.9 Å². The number of hydrazone groups is 1.